The molecule has 0 aliphatic rings. The third-order valence-corrected chi connectivity index (χ3v) is 3.82. The summed E-state index contributed by atoms with van der Waals surface area (Å²) in [5.41, 5.74) is 0.514. The summed E-state index contributed by atoms with van der Waals surface area (Å²) in [4.78, 5) is 23.8. The monoisotopic (exact) mass is 384 g/mol. The molecule has 0 saturated carbocycles. The van der Waals surface area contributed by atoms with E-state index in [9.17, 15) is 9.59 Å². The summed E-state index contributed by atoms with van der Waals surface area (Å²) in [6.07, 6.45) is 2.70. The SMILES string of the molecule is O=C(/C=C/c1ccc(Br)o1)OCC(=O)c1ccc2ccccc2c1. The molecular formula is C19H13BrO4. The predicted octanol–water partition coefficient (Wildman–Crippen LogP) is 4.63. The first-order valence-electron chi connectivity index (χ1n) is 7.24. The highest BCUT2D eigenvalue weighted by atomic mass is 79.9. The van der Waals surface area contributed by atoms with Gasteiger partial charge in [-0.1, -0.05) is 36.4 Å². The Bertz CT molecular complexity index is 924. The van der Waals surface area contributed by atoms with Gasteiger partial charge in [-0.3, -0.25) is 4.79 Å². The van der Waals surface area contributed by atoms with Crippen LogP contribution in [0.4, 0.5) is 0 Å². The first-order chi connectivity index (χ1) is 11.6. The van der Waals surface area contributed by atoms with Crippen molar-refractivity contribution in [2.24, 2.45) is 0 Å². The summed E-state index contributed by atoms with van der Waals surface area (Å²) in [5, 5.41) is 2.02. The molecule has 3 aromatic rings. The zero-order valence-electron chi connectivity index (χ0n) is 12.6. The second-order valence-corrected chi connectivity index (χ2v) is 5.85. The molecule has 4 nitrogen and oxygen atoms in total. The molecule has 0 saturated heterocycles. The zero-order valence-corrected chi connectivity index (χ0v) is 14.2. The van der Waals surface area contributed by atoms with Gasteiger partial charge in [0.15, 0.2) is 17.1 Å². The standard InChI is InChI=1S/C19H13BrO4/c20-18-9-7-16(24-18)8-10-19(22)23-12-17(21)15-6-5-13-3-1-2-4-14(13)11-15/h1-11H,12H2/b10-8+. The maximum Gasteiger partial charge on any atom is 0.331 e. The van der Waals surface area contributed by atoms with Crippen LogP contribution in [0.25, 0.3) is 16.8 Å². The zero-order chi connectivity index (χ0) is 16.9. The van der Waals surface area contributed by atoms with E-state index in [-0.39, 0.29) is 12.4 Å². The van der Waals surface area contributed by atoms with Gasteiger partial charge in [-0.25, -0.2) is 4.79 Å². The molecule has 1 heterocycles. The van der Waals surface area contributed by atoms with Crippen molar-refractivity contribution < 1.29 is 18.7 Å². The third-order valence-electron chi connectivity index (χ3n) is 3.39. The number of halogens is 1. The number of ether oxygens (including phenoxy) is 1. The molecule has 0 fully saturated rings. The smallest absolute Gasteiger partial charge is 0.331 e. The average Bonchev–Trinajstić information content (AvgIpc) is 3.02. The number of fused-ring (bicyclic) bond motifs is 1. The Morgan fingerprint density at radius 1 is 1.04 bits per heavy atom. The Balaban J connectivity index is 1.59. The Labute approximate surface area is 146 Å². The van der Waals surface area contributed by atoms with Gasteiger partial charge in [-0.15, -0.1) is 0 Å². The molecule has 0 aliphatic heterocycles. The maximum absolute atomic E-state index is 12.1. The quantitative estimate of drug-likeness (QED) is 0.365. The van der Waals surface area contributed by atoms with E-state index in [0.29, 0.717) is 16.0 Å². The van der Waals surface area contributed by atoms with Gasteiger partial charge in [0.25, 0.3) is 0 Å². The molecular weight excluding hydrogens is 372 g/mol. The summed E-state index contributed by atoms with van der Waals surface area (Å²) in [6.45, 7) is -0.302. The molecule has 0 radical (unpaired) electrons. The van der Waals surface area contributed by atoms with Crippen LogP contribution in [0.2, 0.25) is 0 Å². The first-order valence-corrected chi connectivity index (χ1v) is 8.03. The van der Waals surface area contributed by atoms with E-state index in [4.69, 9.17) is 9.15 Å². The van der Waals surface area contributed by atoms with Crippen LogP contribution in [0, 0.1) is 0 Å². The first kappa shape index (κ1) is 16.2. The number of esters is 1. The Morgan fingerprint density at radius 2 is 1.83 bits per heavy atom. The van der Waals surface area contributed by atoms with Gasteiger partial charge >= 0.3 is 5.97 Å². The number of carbonyl (C=O) groups is 2. The molecule has 120 valence electrons. The molecule has 0 bridgehead atoms. The van der Waals surface area contributed by atoms with Crippen molar-refractivity contribution in [2.45, 2.75) is 0 Å². The minimum Gasteiger partial charge on any atom is -0.454 e. The Hall–Kier alpha value is -2.66. The molecule has 0 amide bonds. The van der Waals surface area contributed by atoms with E-state index in [2.05, 4.69) is 15.9 Å². The largest absolute Gasteiger partial charge is 0.454 e. The van der Waals surface area contributed by atoms with Gasteiger partial charge < -0.3 is 9.15 Å². The number of furan rings is 1. The second kappa shape index (κ2) is 7.27. The number of hydrogen-bond acceptors (Lipinski definition) is 4. The van der Waals surface area contributed by atoms with Gasteiger partial charge in [0.05, 0.1) is 0 Å². The summed E-state index contributed by atoms with van der Waals surface area (Å²) < 4.78 is 10.8. The van der Waals surface area contributed by atoms with Crippen molar-refractivity contribution in [1.29, 1.82) is 0 Å². The molecule has 24 heavy (non-hydrogen) atoms. The minimum atomic E-state index is -0.600. The second-order valence-electron chi connectivity index (χ2n) is 5.07. The third kappa shape index (κ3) is 4.00. The van der Waals surface area contributed by atoms with Crippen molar-refractivity contribution in [3.8, 4) is 0 Å². The maximum atomic E-state index is 12.1. The van der Waals surface area contributed by atoms with E-state index in [1.165, 1.54) is 12.2 Å². The van der Waals surface area contributed by atoms with Crippen molar-refractivity contribution in [2.75, 3.05) is 6.61 Å². The van der Waals surface area contributed by atoms with Gasteiger partial charge in [-0.2, -0.15) is 0 Å². The van der Waals surface area contributed by atoms with Crippen LogP contribution in [0.15, 0.2) is 69.8 Å². The lowest BCUT2D eigenvalue weighted by Crippen LogP contribution is -2.12. The van der Waals surface area contributed by atoms with E-state index in [0.717, 1.165) is 10.8 Å². The highest BCUT2D eigenvalue weighted by Gasteiger charge is 2.09. The van der Waals surface area contributed by atoms with Crippen LogP contribution in [0.1, 0.15) is 16.1 Å². The fourth-order valence-electron chi connectivity index (χ4n) is 2.20. The van der Waals surface area contributed by atoms with Crippen LogP contribution in [0.3, 0.4) is 0 Å². The molecule has 1 aromatic heterocycles. The molecule has 0 atom stereocenters. The van der Waals surface area contributed by atoms with Gasteiger partial charge in [0.2, 0.25) is 0 Å². The highest BCUT2D eigenvalue weighted by molar-refractivity contribution is 9.10. The van der Waals surface area contributed by atoms with Crippen LogP contribution < -0.4 is 0 Å². The number of Topliss-reactive ketones (excluding diaryl/α,β-unsaturated/α-hetero) is 1. The lowest BCUT2D eigenvalue weighted by molar-refractivity contribution is -0.136. The van der Waals surface area contributed by atoms with Crippen molar-refractivity contribution in [3.05, 3.63) is 76.7 Å². The van der Waals surface area contributed by atoms with Crippen LogP contribution >= 0.6 is 15.9 Å². The van der Waals surface area contributed by atoms with E-state index >= 15 is 0 Å². The number of ketones is 1. The molecule has 3 rings (SSSR count). The van der Waals surface area contributed by atoms with Gasteiger partial charge in [0.1, 0.15) is 5.76 Å². The van der Waals surface area contributed by atoms with Crippen molar-refractivity contribution in [3.63, 3.8) is 0 Å². The van der Waals surface area contributed by atoms with E-state index in [1.54, 1.807) is 24.3 Å². The normalized spacial score (nSPS) is 11.0. The van der Waals surface area contributed by atoms with Gasteiger partial charge in [0, 0.05) is 11.6 Å². The summed E-state index contributed by atoms with van der Waals surface area (Å²) in [6, 6.07) is 16.6. The number of hydrogen-bond donors (Lipinski definition) is 0. The fourth-order valence-corrected chi connectivity index (χ4v) is 2.52. The number of rotatable bonds is 5. The summed E-state index contributed by atoms with van der Waals surface area (Å²) in [5.74, 6) is -0.334. The van der Waals surface area contributed by atoms with E-state index < -0.39 is 5.97 Å². The Morgan fingerprint density at radius 3 is 2.58 bits per heavy atom. The van der Waals surface area contributed by atoms with Crippen molar-refractivity contribution >= 4 is 44.5 Å². The highest BCUT2D eigenvalue weighted by Crippen LogP contribution is 2.16. The van der Waals surface area contributed by atoms with Crippen LogP contribution in [0.5, 0.6) is 0 Å². The summed E-state index contributed by atoms with van der Waals surface area (Å²) in [7, 11) is 0. The topological polar surface area (TPSA) is 56.5 Å². The molecule has 5 heteroatoms. The van der Waals surface area contributed by atoms with E-state index in [1.807, 2.05) is 30.3 Å². The molecule has 2 aromatic carbocycles. The number of carbonyl (C=O) groups excluding carboxylic acids is 2. The fraction of sp³-hybridized carbons (Fsp3) is 0.0526. The summed E-state index contributed by atoms with van der Waals surface area (Å²) >= 11 is 3.17. The van der Waals surface area contributed by atoms with Crippen molar-refractivity contribution in [1.82, 2.24) is 0 Å². The van der Waals surface area contributed by atoms with Crippen LogP contribution in [-0.2, 0) is 9.53 Å². The lowest BCUT2D eigenvalue weighted by Gasteiger charge is -2.04. The lowest BCUT2D eigenvalue weighted by atomic mass is 10.0. The molecule has 0 spiro atoms. The molecule has 0 N–H and O–H groups in total. The van der Waals surface area contributed by atoms with Gasteiger partial charge in [-0.05, 0) is 51.0 Å². The number of benzene rings is 2. The average molecular weight is 385 g/mol. The molecule has 0 aliphatic carbocycles. The predicted molar refractivity (Wildman–Crippen MR) is 94.7 cm³/mol. The van der Waals surface area contributed by atoms with Crippen LogP contribution in [-0.4, -0.2) is 18.4 Å². The Kier molecular flexibility index (Phi) is 4.91. The molecule has 0 unspecified atom stereocenters. The minimum absolute atomic E-state index is 0.247.